The molecule has 0 saturated carbocycles. The van der Waals surface area contributed by atoms with Gasteiger partial charge in [0, 0.05) is 43.0 Å². The number of nitrogens with zero attached hydrogens (tertiary/aromatic N) is 3. The standard InChI is InChI=1S/C30H35F3N4O5/c1-17-13-34-25-21(17)12-20(14-35-25)19-10-18-6-7-36(26(38)29(5,40)30(31,32)33)15-23(18)22(11-19)24-16-41-9-8-37(24)27(39)42-28(2,3)4/h10-14,24,40H,6-9,15-16H2,1-5H3,(H,34,35). The van der Waals surface area contributed by atoms with E-state index in [1.165, 1.54) is 0 Å². The van der Waals surface area contributed by atoms with Gasteiger partial charge in [-0.15, -0.1) is 0 Å². The summed E-state index contributed by atoms with van der Waals surface area (Å²) in [5.74, 6) is -1.42. The lowest BCUT2D eigenvalue weighted by atomic mass is 9.86. The SMILES string of the molecule is Cc1c[nH]c2ncc(-c3cc4c(c(C5COCCN5C(=O)OC(C)(C)C)c3)CN(C(=O)C(C)(O)C(F)(F)F)CC4)cc12. The Hall–Kier alpha value is -3.64. The van der Waals surface area contributed by atoms with Crippen LogP contribution in [0.15, 0.2) is 30.6 Å². The van der Waals surface area contributed by atoms with E-state index < -0.39 is 35.4 Å². The fourth-order valence-corrected chi connectivity index (χ4v) is 5.46. The predicted molar refractivity (Wildman–Crippen MR) is 149 cm³/mol. The van der Waals surface area contributed by atoms with Crippen molar-refractivity contribution >= 4 is 23.0 Å². The summed E-state index contributed by atoms with van der Waals surface area (Å²) in [6.07, 6.45) is -1.80. The van der Waals surface area contributed by atoms with E-state index in [4.69, 9.17) is 9.47 Å². The second-order valence-corrected chi connectivity index (χ2v) is 12.1. The van der Waals surface area contributed by atoms with Crippen LogP contribution in [-0.2, 0) is 27.2 Å². The van der Waals surface area contributed by atoms with Gasteiger partial charge in [-0.05, 0) is 81.0 Å². The van der Waals surface area contributed by atoms with Crippen molar-refractivity contribution in [1.82, 2.24) is 19.8 Å². The molecule has 0 bridgehead atoms. The van der Waals surface area contributed by atoms with Gasteiger partial charge in [-0.2, -0.15) is 13.2 Å². The number of H-pyrrole nitrogens is 1. The molecule has 5 rings (SSSR count). The van der Waals surface area contributed by atoms with Crippen LogP contribution in [0.1, 0.15) is 56.0 Å². The van der Waals surface area contributed by atoms with Gasteiger partial charge in [-0.1, -0.05) is 6.07 Å². The summed E-state index contributed by atoms with van der Waals surface area (Å²) in [5, 5.41) is 11.1. The average molecular weight is 589 g/mol. The van der Waals surface area contributed by atoms with E-state index in [0.29, 0.717) is 24.7 Å². The summed E-state index contributed by atoms with van der Waals surface area (Å²) in [6, 6.07) is 5.23. The van der Waals surface area contributed by atoms with Crippen LogP contribution in [0.25, 0.3) is 22.2 Å². The number of hydrogen-bond donors (Lipinski definition) is 2. The molecule has 42 heavy (non-hydrogen) atoms. The number of hydrogen-bond acceptors (Lipinski definition) is 6. The summed E-state index contributed by atoms with van der Waals surface area (Å²) < 4.78 is 52.1. The molecular formula is C30H35F3N4O5. The summed E-state index contributed by atoms with van der Waals surface area (Å²) in [6.45, 7) is 8.26. The maximum absolute atomic E-state index is 13.6. The number of aryl methyl sites for hydroxylation is 1. The number of morpholine rings is 1. The second-order valence-electron chi connectivity index (χ2n) is 12.1. The van der Waals surface area contributed by atoms with Gasteiger partial charge in [0.15, 0.2) is 0 Å². The molecule has 4 heterocycles. The number of carbonyl (C=O) groups excluding carboxylic acids is 2. The number of fused-ring (bicyclic) bond motifs is 2. The molecule has 9 nitrogen and oxygen atoms in total. The Labute approximate surface area is 241 Å². The van der Waals surface area contributed by atoms with Crippen LogP contribution in [0, 0.1) is 6.92 Å². The van der Waals surface area contributed by atoms with Crippen LogP contribution < -0.4 is 0 Å². The number of alkyl halides is 3. The van der Waals surface area contributed by atoms with Gasteiger partial charge in [-0.25, -0.2) is 9.78 Å². The monoisotopic (exact) mass is 588 g/mol. The zero-order valence-electron chi connectivity index (χ0n) is 24.3. The Kier molecular flexibility index (Phi) is 7.51. The van der Waals surface area contributed by atoms with E-state index in [2.05, 4.69) is 9.97 Å². The molecule has 0 aliphatic carbocycles. The number of pyridine rings is 1. The van der Waals surface area contributed by atoms with Gasteiger partial charge in [-0.3, -0.25) is 9.69 Å². The highest BCUT2D eigenvalue weighted by molar-refractivity contribution is 5.86. The van der Waals surface area contributed by atoms with Crippen molar-refractivity contribution in [3.8, 4) is 11.1 Å². The van der Waals surface area contributed by atoms with Gasteiger partial charge >= 0.3 is 12.3 Å². The van der Waals surface area contributed by atoms with E-state index in [9.17, 15) is 27.9 Å². The quantitative estimate of drug-likeness (QED) is 0.444. The first kappa shape index (κ1) is 29.8. The van der Waals surface area contributed by atoms with Crippen LogP contribution in [0.4, 0.5) is 18.0 Å². The normalized spacial score (nSPS) is 19.4. The number of amides is 2. The lowest BCUT2D eigenvalue weighted by Crippen LogP contribution is -2.57. The molecule has 2 atom stereocenters. The molecule has 0 radical (unpaired) electrons. The highest BCUT2D eigenvalue weighted by Crippen LogP contribution is 2.39. The molecule has 2 aliphatic rings. The third-order valence-corrected chi connectivity index (χ3v) is 7.82. The summed E-state index contributed by atoms with van der Waals surface area (Å²) >= 11 is 0. The molecular weight excluding hydrogens is 553 g/mol. The van der Waals surface area contributed by atoms with E-state index in [-0.39, 0.29) is 32.7 Å². The maximum atomic E-state index is 13.6. The number of aliphatic hydroxyl groups is 1. The molecule has 3 aromatic rings. The Morgan fingerprint density at radius 2 is 1.86 bits per heavy atom. The average Bonchev–Trinajstić information content (AvgIpc) is 3.30. The maximum Gasteiger partial charge on any atom is 0.426 e. The number of rotatable bonds is 3. The van der Waals surface area contributed by atoms with Crippen molar-refractivity contribution < 1.29 is 37.3 Å². The van der Waals surface area contributed by atoms with Gasteiger partial charge < -0.3 is 24.5 Å². The molecule has 2 aliphatic heterocycles. The highest BCUT2D eigenvalue weighted by atomic mass is 19.4. The number of aromatic amines is 1. The lowest BCUT2D eigenvalue weighted by Gasteiger charge is -2.40. The summed E-state index contributed by atoms with van der Waals surface area (Å²) in [5.41, 5.74) is 1.23. The van der Waals surface area contributed by atoms with E-state index in [1.54, 1.807) is 31.9 Å². The molecule has 1 saturated heterocycles. The van der Waals surface area contributed by atoms with E-state index in [1.807, 2.05) is 31.3 Å². The number of aromatic nitrogens is 2. The van der Waals surface area contributed by atoms with Crippen LogP contribution in [-0.4, -0.2) is 80.6 Å². The van der Waals surface area contributed by atoms with Crippen molar-refractivity contribution in [3.63, 3.8) is 0 Å². The van der Waals surface area contributed by atoms with Gasteiger partial charge in [0.25, 0.3) is 5.91 Å². The zero-order valence-corrected chi connectivity index (χ0v) is 24.3. The molecule has 12 heteroatoms. The molecule has 2 N–H and O–H groups in total. The van der Waals surface area contributed by atoms with Crippen molar-refractivity contribution in [2.45, 2.75) is 71.0 Å². The Balaban J connectivity index is 1.61. The molecule has 2 aromatic heterocycles. The number of ether oxygens (including phenoxy) is 2. The number of nitrogens with one attached hydrogen (secondary N) is 1. The Morgan fingerprint density at radius 3 is 2.55 bits per heavy atom. The minimum absolute atomic E-state index is 0.00783. The van der Waals surface area contributed by atoms with Crippen LogP contribution >= 0.6 is 0 Å². The minimum atomic E-state index is -5.14. The summed E-state index contributed by atoms with van der Waals surface area (Å²) in [7, 11) is 0. The van der Waals surface area contributed by atoms with Crippen LogP contribution in [0.2, 0.25) is 0 Å². The summed E-state index contributed by atoms with van der Waals surface area (Å²) in [4.78, 5) is 36.5. The van der Waals surface area contributed by atoms with Crippen molar-refractivity contribution in [2.24, 2.45) is 0 Å². The molecule has 2 amide bonds. The van der Waals surface area contributed by atoms with Crippen molar-refractivity contribution in [2.75, 3.05) is 26.3 Å². The highest BCUT2D eigenvalue weighted by Gasteiger charge is 2.57. The fourth-order valence-electron chi connectivity index (χ4n) is 5.46. The first-order valence-electron chi connectivity index (χ1n) is 13.8. The second kappa shape index (κ2) is 10.6. The minimum Gasteiger partial charge on any atom is -0.444 e. The predicted octanol–water partition coefficient (Wildman–Crippen LogP) is 5.04. The topological polar surface area (TPSA) is 108 Å². The van der Waals surface area contributed by atoms with Gasteiger partial charge in [0.05, 0.1) is 19.3 Å². The lowest BCUT2D eigenvalue weighted by molar-refractivity contribution is -0.250. The smallest absolute Gasteiger partial charge is 0.426 e. The first-order valence-corrected chi connectivity index (χ1v) is 13.8. The van der Waals surface area contributed by atoms with Gasteiger partial charge in [0.1, 0.15) is 11.2 Å². The fraction of sp³-hybridized carbons (Fsp3) is 0.500. The van der Waals surface area contributed by atoms with E-state index in [0.717, 1.165) is 38.2 Å². The van der Waals surface area contributed by atoms with Gasteiger partial charge in [0.2, 0.25) is 5.60 Å². The zero-order chi connectivity index (χ0) is 30.6. The molecule has 2 unspecified atom stereocenters. The number of halogens is 3. The van der Waals surface area contributed by atoms with Crippen molar-refractivity contribution in [1.29, 1.82) is 0 Å². The van der Waals surface area contributed by atoms with Crippen LogP contribution in [0.3, 0.4) is 0 Å². The Morgan fingerprint density at radius 1 is 1.12 bits per heavy atom. The third-order valence-electron chi connectivity index (χ3n) is 7.82. The van der Waals surface area contributed by atoms with E-state index >= 15 is 0 Å². The third kappa shape index (κ3) is 5.57. The largest absolute Gasteiger partial charge is 0.444 e. The first-order chi connectivity index (χ1) is 19.6. The van der Waals surface area contributed by atoms with Crippen molar-refractivity contribution in [3.05, 3.63) is 52.8 Å². The molecule has 0 spiro atoms. The molecule has 1 aromatic carbocycles. The van der Waals surface area contributed by atoms with Crippen LogP contribution in [0.5, 0.6) is 0 Å². The molecule has 226 valence electrons. The Bertz CT molecular complexity index is 1530. The number of benzene rings is 1. The molecule has 1 fully saturated rings. The number of carbonyl (C=O) groups is 2.